The van der Waals surface area contributed by atoms with E-state index in [2.05, 4.69) is 10.6 Å². The average Bonchev–Trinajstić information content (AvgIpc) is 2.46. The summed E-state index contributed by atoms with van der Waals surface area (Å²) in [4.78, 5) is 24.4. The van der Waals surface area contributed by atoms with Crippen LogP contribution in [0.3, 0.4) is 0 Å². The molecule has 0 saturated carbocycles. The third kappa shape index (κ3) is 8.21. The summed E-state index contributed by atoms with van der Waals surface area (Å²) in [6.07, 6.45) is 1.29. The van der Waals surface area contributed by atoms with Gasteiger partial charge in [-0.25, -0.2) is 0 Å². The van der Waals surface area contributed by atoms with Gasteiger partial charge >= 0.3 is 0 Å². The summed E-state index contributed by atoms with van der Waals surface area (Å²) in [7, 11) is 0. The Bertz CT molecular complexity index is 493. The van der Waals surface area contributed by atoms with Gasteiger partial charge in [0.25, 0.3) is 5.91 Å². The predicted molar refractivity (Wildman–Crippen MR) is 96.1 cm³/mol. The van der Waals surface area contributed by atoms with Gasteiger partial charge in [-0.3, -0.25) is 9.59 Å². The van der Waals surface area contributed by atoms with Gasteiger partial charge in [0.2, 0.25) is 5.91 Å². The van der Waals surface area contributed by atoms with E-state index in [0.29, 0.717) is 36.5 Å². The van der Waals surface area contributed by atoms with Gasteiger partial charge in [0.15, 0.2) is 0 Å². The number of halogens is 2. The van der Waals surface area contributed by atoms with Crippen molar-refractivity contribution in [2.24, 2.45) is 11.7 Å². The summed E-state index contributed by atoms with van der Waals surface area (Å²) in [6.45, 7) is 5.05. The number of carbonyl (C=O) groups is 2. The fraction of sp³-hybridized carbons (Fsp3) is 0.500. The molecule has 130 valence electrons. The highest BCUT2D eigenvalue weighted by atomic mass is 35.5. The lowest BCUT2D eigenvalue weighted by molar-refractivity contribution is -0.123. The largest absolute Gasteiger partial charge is 0.354 e. The molecular formula is C16H25Cl2N3O2. The third-order valence-corrected chi connectivity index (χ3v) is 3.37. The molecule has 1 atom stereocenters. The van der Waals surface area contributed by atoms with E-state index in [1.807, 2.05) is 13.8 Å². The number of carbonyl (C=O) groups excluding carboxylic acids is 2. The van der Waals surface area contributed by atoms with Crippen molar-refractivity contribution in [2.45, 2.75) is 32.7 Å². The average molecular weight is 362 g/mol. The monoisotopic (exact) mass is 361 g/mol. The highest BCUT2D eigenvalue weighted by Gasteiger charge is 2.22. The zero-order valence-electron chi connectivity index (χ0n) is 13.5. The molecule has 0 aromatic heterocycles. The van der Waals surface area contributed by atoms with E-state index in [9.17, 15) is 9.59 Å². The highest BCUT2D eigenvalue weighted by Crippen LogP contribution is 2.11. The molecule has 23 heavy (non-hydrogen) atoms. The summed E-state index contributed by atoms with van der Waals surface area (Å²) >= 11 is 5.81. The van der Waals surface area contributed by atoms with Crippen LogP contribution in [0.2, 0.25) is 5.02 Å². The number of nitrogens with two attached hydrogens (primary N) is 1. The first-order chi connectivity index (χ1) is 10.4. The smallest absolute Gasteiger partial charge is 0.251 e. The predicted octanol–water partition coefficient (Wildman–Crippen LogP) is 2.37. The summed E-state index contributed by atoms with van der Waals surface area (Å²) in [6, 6.07) is 6.01. The van der Waals surface area contributed by atoms with E-state index in [1.165, 1.54) is 0 Å². The molecule has 5 nitrogen and oxygen atoms in total. The summed E-state index contributed by atoms with van der Waals surface area (Å²) in [5.74, 6) is -0.170. The third-order valence-electron chi connectivity index (χ3n) is 3.12. The number of rotatable bonds is 8. The molecule has 0 aliphatic heterocycles. The lowest BCUT2D eigenvalue weighted by atomic mass is 10.0. The number of amides is 2. The van der Waals surface area contributed by atoms with Crippen molar-refractivity contribution in [3.63, 3.8) is 0 Å². The maximum Gasteiger partial charge on any atom is 0.251 e. The molecule has 1 aromatic carbocycles. The standard InChI is InChI=1S/C16H24ClN3O2.ClH/c1-11(2)10-14(16(22)19-9-3-8-18)20-15(21)12-4-6-13(17)7-5-12;/h4-7,11,14H,3,8-10,18H2,1-2H3,(H,19,22)(H,20,21);1H. The first kappa shape index (κ1) is 21.7. The molecule has 0 heterocycles. The molecule has 0 aliphatic rings. The van der Waals surface area contributed by atoms with Crippen LogP contribution in [0.15, 0.2) is 24.3 Å². The second kappa shape index (κ2) is 11.3. The molecule has 4 N–H and O–H groups in total. The van der Waals surface area contributed by atoms with Crippen LogP contribution in [0.4, 0.5) is 0 Å². The second-order valence-corrected chi connectivity index (χ2v) is 6.03. The van der Waals surface area contributed by atoms with Crippen LogP contribution in [0.5, 0.6) is 0 Å². The molecule has 0 bridgehead atoms. The van der Waals surface area contributed by atoms with Crippen molar-refractivity contribution in [2.75, 3.05) is 13.1 Å². The van der Waals surface area contributed by atoms with Crippen molar-refractivity contribution in [1.29, 1.82) is 0 Å². The van der Waals surface area contributed by atoms with E-state index in [4.69, 9.17) is 17.3 Å². The van der Waals surface area contributed by atoms with Gasteiger partial charge in [-0.1, -0.05) is 25.4 Å². The van der Waals surface area contributed by atoms with Crippen LogP contribution in [-0.4, -0.2) is 30.9 Å². The van der Waals surface area contributed by atoms with Gasteiger partial charge in [0.1, 0.15) is 6.04 Å². The van der Waals surface area contributed by atoms with Crippen molar-refractivity contribution in [1.82, 2.24) is 10.6 Å². The molecule has 0 spiro atoms. The van der Waals surface area contributed by atoms with Crippen molar-refractivity contribution >= 4 is 35.8 Å². The Morgan fingerprint density at radius 3 is 2.35 bits per heavy atom. The Hall–Kier alpha value is -1.30. The number of nitrogens with one attached hydrogen (secondary N) is 2. The minimum absolute atomic E-state index is 0. The first-order valence-corrected chi connectivity index (χ1v) is 7.86. The van der Waals surface area contributed by atoms with Gasteiger partial charge in [0.05, 0.1) is 0 Å². The van der Waals surface area contributed by atoms with Crippen LogP contribution >= 0.6 is 24.0 Å². The van der Waals surface area contributed by atoms with E-state index in [1.54, 1.807) is 24.3 Å². The molecule has 0 saturated heterocycles. The lowest BCUT2D eigenvalue weighted by Gasteiger charge is -2.20. The topological polar surface area (TPSA) is 84.2 Å². The summed E-state index contributed by atoms with van der Waals surface area (Å²) in [5, 5.41) is 6.15. The Morgan fingerprint density at radius 1 is 1.22 bits per heavy atom. The molecule has 1 rings (SSSR count). The zero-order chi connectivity index (χ0) is 16.5. The maximum atomic E-state index is 12.2. The van der Waals surface area contributed by atoms with E-state index >= 15 is 0 Å². The molecule has 1 unspecified atom stereocenters. The normalized spacial score (nSPS) is 11.5. The van der Waals surface area contributed by atoms with Crippen LogP contribution in [0.1, 0.15) is 37.0 Å². The van der Waals surface area contributed by atoms with Crippen LogP contribution < -0.4 is 16.4 Å². The summed E-state index contributed by atoms with van der Waals surface area (Å²) in [5.41, 5.74) is 5.89. The molecular weight excluding hydrogens is 337 g/mol. The fourth-order valence-corrected chi connectivity index (χ4v) is 2.11. The number of hydrogen-bond acceptors (Lipinski definition) is 3. The lowest BCUT2D eigenvalue weighted by Crippen LogP contribution is -2.47. The van der Waals surface area contributed by atoms with Gasteiger partial charge in [-0.05, 0) is 49.6 Å². The minimum Gasteiger partial charge on any atom is -0.354 e. The van der Waals surface area contributed by atoms with Crippen LogP contribution in [-0.2, 0) is 4.79 Å². The van der Waals surface area contributed by atoms with E-state index < -0.39 is 6.04 Å². The zero-order valence-corrected chi connectivity index (χ0v) is 15.0. The van der Waals surface area contributed by atoms with Crippen molar-refractivity contribution in [3.8, 4) is 0 Å². The molecule has 0 aliphatic carbocycles. The summed E-state index contributed by atoms with van der Waals surface area (Å²) < 4.78 is 0. The van der Waals surface area contributed by atoms with Gasteiger partial charge < -0.3 is 16.4 Å². The van der Waals surface area contributed by atoms with E-state index in [-0.39, 0.29) is 30.1 Å². The van der Waals surface area contributed by atoms with Gasteiger partial charge in [0, 0.05) is 17.1 Å². The Kier molecular flexibility index (Phi) is 10.6. The minimum atomic E-state index is -0.555. The van der Waals surface area contributed by atoms with Crippen LogP contribution in [0, 0.1) is 5.92 Å². The molecule has 0 radical (unpaired) electrons. The van der Waals surface area contributed by atoms with E-state index in [0.717, 1.165) is 0 Å². The molecule has 0 fully saturated rings. The van der Waals surface area contributed by atoms with Gasteiger partial charge in [-0.15, -0.1) is 12.4 Å². The molecule has 1 aromatic rings. The maximum absolute atomic E-state index is 12.2. The Morgan fingerprint density at radius 2 is 1.83 bits per heavy atom. The highest BCUT2D eigenvalue weighted by molar-refractivity contribution is 6.30. The number of benzene rings is 1. The SMILES string of the molecule is CC(C)CC(NC(=O)c1ccc(Cl)cc1)C(=O)NCCCN.Cl. The second-order valence-electron chi connectivity index (χ2n) is 5.60. The Balaban J connectivity index is 0.00000484. The van der Waals surface area contributed by atoms with Crippen molar-refractivity contribution in [3.05, 3.63) is 34.9 Å². The van der Waals surface area contributed by atoms with Crippen LogP contribution in [0.25, 0.3) is 0 Å². The first-order valence-electron chi connectivity index (χ1n) is 7.48. The quantitative estimate of drug-likeness (QED) is 0.621. The fourth-order valence-electron chi connectivity index (χ4n) is 1.98. The molecule has 2 amide bonds. The Labute approximate surface area is 148 Å². The van der Waals surface area contributed by atoms with Crippen molar-refractivity contribution < 1.29 is 9.59 Å². The van der Waals surface area contributed by atoms with Gasteiger partial charge in [-0.2, -0.15) is 0 Å². The molecule has 7 heteroatoms. The number of hydrogen-bond donors (Lipinski definition) is 3.